The van der Waals surface area contributed by atoms with E-state index >= 15 is 0 Å². The van der Waals surface area contributed by atoms with E-state index in [1.165, 1.54) is 36.6 Å². The molecule has 0 heterocycles. The van der Waals surface area contributed by atoms with Gasteiger partial charge >= 0.3 is 0 Å². The first-order valence-electron chi connectivity index (χ1n) is 6.32. The molecule has 0 saturated heterocycles. The first-order chi connectivity index (χ1) is 8.40. The molecule has 0 bridgehead atoms. The predicted octanol–water partition coefficient (Wildman–Crippen LogP) is 4.37. The van der Waals surface area contributed by atoms with E-state index in [9.17, 15) is 0 Å². The van der Waals surface area contributed by atoms with Gasteiger partial charge in [-0.3, -0.25) is 0 Å². The molecule has 1 aliphatic rings. The van der Waals surface area contributed by atoms with E-state index in [1.807, 2.05) is 12.1 Å². The summed E-state index contributed by atoms with van der Waals surface area (Å²) in [6.07, 6.45) is 5.30. The van der Waals surface area contributed by atoms with E-state index in [4.69, 9.17) is 5.26 Å². The minimum absolute atomic E-state index is 0.702. The molecule has 2 aromatic rings. The third-order valence-corrected chi connectivity index (χ3v) is 3.87. The molecule has 0 N–H and O–H groups in total. The Morgan fingerprint density at radius 2 is 1.65 bits per heavy atom. The van der Waals surface area contributed by atoms with Crippen molar-refractivity contribution in [2.24, 2.45) is 0 Å². The zero-order chi connectivity index (χ0) is 11.7. The van der Waals surface area contributed by atoms with Crippen LogP contribution in [0, 0.1) is 11.3 Å². The molecule has 1 heteroatoms. The van der Waals surface area contributed by atoms with E-state index in [0.29, 0.717) is 5.92 Å². The molecule has 0 aromatic heterocycles. The Hall–Kier alpha value is -1.81. The van der Waals surface area contributed by atoms with Gasteiger partial charge in [0.1, 0.15) is 0 Å². The minimum atomic E-state index is 0.702. The highest BCUT2D eigenvalue weighted by Gasteiger charge is 2.19. The Kier molecular flexibility index (Phi) is 2.57. The lowest BCUT2D eigenvalue weighted by molar-refractivity contribution is 0.729. The van der Waals surface area contributed by atoms with Gasteiger partial charge in [-0.05, 0) is 41.2 Å². The summed E-state index contributed by atoms with van der Waals surface area (Å²) in [5.41, 5.74) is 2.24. The second-order valence-electron chi connectivity index (χ2n) is 4.84. The maximum atomic E-state index is 9.14. The van der Waals surface area contributed by atoms with Crippen LogP contribution in [0.4, 0.5) is 0 Å². The van der Waals surface area contributed by atoms with E-state index in [0.717, 1.165) is 10.9 Å². The van der Waals surface area contributed by atoms with E-state index in [-0.39, 0.29) is 0 Å². The van der Waals surface area contributed by atoms with Gasteiger partial charge in [-0.1, -0.05) is 43.2 Å². The molecule has 1 saturated carbocycles. The molecule has 0 amide bonds. The average Bonchev–Trinajstić information content (AvgIpc) is 2.91. The van der Waals surface area contributed by atoms with Crippen molar-refractivity contribution in [3.63, 3.8) is 0 Å². The molecular formula is C16H15N. The summed E-state index contributed by atoms with van der Waals surface area (Å²) < 4.78 is 0. The molecule has 84 valence electrons. The smallest absolute Gasteiger partial charge is 0.0998 e. The van der Waals surface area contributed by atoms with Crippen molar-refractivity contribution < 1.29 is 0 Å². The lowest BCUT2D eigenvalue weighted by Gasteiger charge is -2.13. The first kappa shape index (κ1) is 10.4. The largest absolute Gasteiger partial charge is 0.192 e. The van der Waals surface area contributed by atoms with Gasteiger partial charge in [-0.15, -0.1) is 0 Å². The number of hydrogen-bond donors (Lipinski definition) is 0. The Morgan fingerprint density at radius 1 is 0.941 bits per heavy atom. The van der Waals surface area contributed by atoms with Crippen molar-refractivity contribution in [1.82, 2.24) is 0 Å². The van der Waals surface area contributed by atoms with Gasteiger partial charge in [0.2, 0.25) is 0 Å². The fourth-order valence-electron chi connectivity index (χ4n) is 3.01. The second-order valence-corrected chi connectivity index (χ2v) is 4.84. The molecule has 1 nitrogen and oxygen atoms in total. The summed E-state index contributed by atoms with van der Waals surface area (Å²) in [7, 11) is 0. The van der Waals surface area contributed by atoms with Crippen LogP contribution in [0.2, 0.25) is 0 Å². The predicted molar refractivity (Wildman–Crippen MR) is 69.9 cm³/mol. The molecular weight excluding hydrogens is 206 g/mol. The minimum Gasteiger partial charge on any atom is -0.192 e. The molecule has 0 aliphatic heterocycles. The van der Waals surface area contributed by atoms with Crippen molar-refractivity contribution in [2.75, 3.05) is 0 Å². The normalized spacial score (nSPS) is 16.2. The van der Waals surface area contributed by atoms with Crippen LogP contribution in [0.5, 0.6) is 0 Å². The van der Waals surface area contributed by atoms with Crippen molar-refractivity contribution in [1.29, 1.82) is 5.26 Å². The first-order valence-corrected chi connectivity index (χ1v) is 6.32. The van der Waals surface area contributed by atoms with Gasteiger partial charge in [0.15, 0.2) is 0 Å². The highest BCUT2D eigenvalue weighted by atomic mass is 14.3. The van der Waals surface area contributed by atoms with Crippen molar-refractivity contribution >= 4 is 10.8 Å². The average molecular weight is 221 g/mol. The monoisotopic (exact) mass is 221 g/mol. The molecule has 1 aliphatic carbocycles. The van der Waals surface area contributed by atoms with Crippen LogP contribution in [0.25, 0.3) is 10.8 Å². The molecule has 2 aromatic carbocycles. The maximum Gasteiger partial charge on any atom is 0.0998 e. The van der Waals surface area contributed by atoms with E-state index in [2.05, 4.69) is 30.3 Å². The Labute approximate surface area is 102 Å². The van der Waals surface area contributed by atoms with Gasteiger partial charge in [0.25, 0.3) is 0 Å². The fraction of sp³-hybridized carbons (Fsp3) is 0.312. The summed E-state index contributed by atoms with van der Waals surface area (Å²) in [5.74, 6) is 0.702. The molecule has 0 unspecified atom stereocenters. The molecule has 3 rings (SSSR count). The van der Waals surface area contributed by atoms with Crippen molar-refractivity contribution in [3.05, 3.63) is 47.5 Å². The quantitative estimate of drug-likeness (QED) is 0.701. The third kappa shape index (κ3) is 1.70. The summed E-state index contributed by atoms with van der Waals surface area (Å²) in [5, 5.41) is 11.5. The zero-order valence-corrected chi connectivity index (χ0v) is 9.82. The molecule has 0 radical (unpaired) electrons. The number of benzene rings is 2. The highest BCUT2D eigenvalue weighted by molar-refractivity contribution is 5.91. The van der Waals surface area contributed by atoms with Crippen molar-refractivity contribution in [3.8, 4) is 6.07 Å². The van der Waals surface area contributed by atoms with Gasteiger partial charge in [-0.2, -0.15) is 5.26 Å². The number of fused-ring (bicyclic) bond motifs is 1. The Balaban J connectivity index is 2.23. The van der Waals surface area contributed by atoms with E-state index < -0.39 is 0 Å². The highest BCUT2D eigenvalue weighted by Crippen LogP contribution is 2.38. The van der Waals surface area contributed by atoms with Crippen LogP contribution in [0.15, 0.2) is 36.4 Å². The molecule has 0 atom stereocenters. The maximum absolute atomic E-state index is 9.14. The molecule has 1 fully saturated rings. The van der Waals surface area contributed by atoms with Gasteiger partial charge in [-0.25, -0.2) is 0 Å². The summed E-state index contributed by atoms with van der Waals surface area (Å²) in [6, 6.07) is 14.7. The van der Waals surface area contributed by atoms with Crippen molar-refractivity contribution in [2.45, 2.75) is 31.6 Å². The summed E-state index contributed by atoms with van der Waals surface area (Å²) >= 11 is 0. The van der Waals surface area contributed by atoms with Crippen LogP contribution in [-0.2, 0) is 0 Å². The second kappa shape index (κ2) is 4.22. The van der Waals surface area contributed by atoms with Crippen LogP contribution < -0.4 is 0 Å². The van der Waals surface area contributed by atoms with Crippen LogP contribution in [0.1, 0.15) is 42.7 Å². The summed E-state index contributed by atoms with van der Waals surface area (Å²) in [4.78, 5) is 0. The lowest BCUT2D eigenvalue weighted by atomic mass is 9.90. The molecule has 17 heavy (non-hydrogen) atoms. The lowest BCUT2D eigenvalue weighted by Crippen LogP contribution is -1.94. The number of nitrogens with zero attached hydrogens (tertiary/aromatic N) is 1. The topological polar surface area (TPSA) is 23.8 Å². The third-order valence-electron chi connectivity index (χ3n) is 3.87. The van der Waals surface area contributed by atoms with Gasteiger partial charge in [0, 0.05) is 0 Å². The van der Waals surface area contributed by atoms with E-state index in [1.54, 1.807) is 0 Å². The zero-order valence-electron chi connectivity index (χ0n) is 9.82. The Bertz CT molecular complexity index is 586. The number of hydrogen-bond acceptors (Lipinski definition) is 1. The van der Waals surface area contributed by atoms with Crippen LogP contribution in [0.3, 0.4) is 0 Å². The van der Waals surface area contributed by atoms with Gasteiger partial charge < -0.3 is 0 Å². The number of rotatable bonds is 1. The van der Waals surface area contributed by atoms with Crippen LogP contribution >= 0.6 is 0 Å². The standard InChI is InChI=1S/C16H15N/c17-11-13-9-10-15(12-5-1-2-6-12)16-8-4-3-7-14(13)16/h3-4,7-10,12H,1-2,5-6H2. The van der Waals surface area contributed by atoms with Gasteiger partial charge in [0.05, 0.1) is 11.6 Å². The van der Waals surface area contributed by atoms with Crippen LogP contribution in [-0.4, -0.2) is 0 Å². The molecule has 0 spiro atoms. The SMILES string of the molecule is N#Cc1ccc(C2CCCC2)c2ccccc12. The number of nitriles is 1. The Morgan fingerprint density at radius 3 is 2.35 bits per heavy atom. The fourth-order valence-corrected chi connectivity index (χ4v) is 3.01. The summed E-state index contributed by atoms with van der Waals surface area (Å²) in [6.45, 7) is 0.